The maximum Gasteiger partial charge on any atom is 0.127 e. The molecule has 0 fully saturated rings. The summed E-state index contributed by atoms with van der Waals surface area (Å²) in [4.78, 5) is 0. The van der Waals surface area contributed by atoms with Gasteiger partial charge in [-0.3, -0.25) is 0 Å². The Hall–Kier alpha value is -0.800. The van der Waals surface area contributed by atoms with Crippen LogP contribution in [0.25, 0.3) is 0 Å². The van der Waals surface area contributed by atoms with Crippen molar-refractivity contribution >= 4 is 23.2 Å². The smallest absolute Gasteiger partial charge is 0.127 e. The second kappa shape index (κ2) is 12.2. The van der Waals surface area contributed by atoms with Gasteiger partial charge < -0.3 is 0 Å². The van der Waals surface area contributed by atoms with E-state index in [0.717, 1.165) is 11.6 Å². The van der Waals surface area contributed by atoms with E-state index in [2.05, 4.69) is 18.6 Å². The van der Waals surface area contributed by atoms with Crippen LogP contribution in [0.5, 0.6) is 0 Å². The highest BCUT2D eigenvalue weighted by atomic mass is 35.5. The van der Waals surface area contributed by atoms with Gasteiger partial charge in [0.25, 0.3) is 0 Å². The Bertz CT molecular complexity index is 372. The summed E-state index contributed by atoms with van der Waals surface area (Å²) in [6, 6.07) is 1.71. The molecule has 0 bridgehead atoms. The lowest BCUT2D eigenvalue weighted by Gasteiger charge is -1.95. The molecule has 0 atom stereocenters. The van der Waals surface area contributed by atoms with Crippen LogP contribution in [0.4, 0.5) is 4.39 Å². The van der Waals surface area contributed by atoms with Crippen LogP contribution in [0.2, 0.25) is 5.15 Å². The standard InChI is InChI=1S/C9H10ClFN2.C5H11Cl/c1-2-6-13-9(10)7-8(12-13)4-3-5-11;1-2-3-4-5-6/h2-3,5,7H,1,4,6H2;2-5H2,1H3. The van der Waals surface area contributed by atoms with Gasteiger partial charge in [-0.15, -0.1) is 18.2 Å². The molecule has 1 aromatic heterocycles. The molecule has 0 aliphatic carbocycles. The average molecular weight is 307 g/mol. The lowest BCUT2D eigenvalue weighted by molar-refractivity contribution is 0.688. The fraction of sp³-hybridized carbons (Fsp3) is 0.500. The number of alkyl halides is 1. The van der Waals surface area contributed by atoms with Gasteiger partial charge in [-0.2, -0.15) is 5.10 Å². The number of rotatable bonds is 7. The molecule has 108 valence electrons. The van der Waals surface area contributed by atoms with Crippen LogP contribution < -0.4 is 0 Å². The Balaban J connectivity index is 0.000000459. The highest BCUT2D eigenvalue weighted by molar-refractivity contribution is 6.29. The van der Waals surface area contributed by atoms with Gasteiger partial charge >= 0.3 is 0 Å². The van der Waals surface area contributed by atoms with Crippen LogP contribution in [0.1, 0.15) is 31.9 Å². The van der Waals surface area contributed by atoms with Gasteiger partial charge in [-0.25, -0.2) is 9.07 Å². The van der Waals surface area contributed by atoms with Crippen molar-refractivity contribution in [2.45, 2.75) is 39.2 Å². The van der Waals surface area contributed by atoms with E-state index in [4.69, 9.17) is 23.2 Å². The van der Waals surface area contributed by atoms with Crippen molar-refractivity contribution in [2.75, 3.05) is 5.88 Å². The largest absolute Gasteiger partial charge is 0.250 e. The van der Waals surface area contributed by atoms with E-state index in [1.165, 1.54) is 25.3 Å². The molecule has 0 unspecified atom stereocenters. The van der Waals surface area contributed by atoms with E-state index >= 15 is 0 Å². The van der Waals surface area contributed by atoms with Crippen molar-refractivity contribution in [3.8, 4) is 0 Å². The summed E-state index contributed by atoms with van der Waals surface area (Å²) in [6.07, 6.45) is 7.78. The molecule has 0 amide bonds. The molecule has 0 spiro atoms. The number of halogens is 3. The number of unbranched alkanes of at least 4 members (excludes halogenated alkanes) is 2. The molecule has 0 saturated heterocycles. The van der Waals surface area contributed by atoms with Crippen LogP contribution in [0.3, 0.4) is 0 Å². The predicted octanol–water partition coefficient (Wildman–Crippen LogP) is 5.16. The minimum absolute atomic E-state index is 0.459. The first-order valence-corrected chi connectivity index (χ1v) is 7.25. The third-order valence-corrected chi connectivity index (χ3v) is 2.81. The van der Waals surface area contributed by atoms with E-state index in [0.29, 0.717) is 24.4 Å². The van der Waals surface area contributed by atoms with Gasteiger partial charge in [-0.1, -0.05) is 43.5 Å². The van der Waals surface area contributed by atoms with Crippen molar-refractivity contribution in [1.82, 2.24) is 9.78 Å². The fourth-order valence-electron chi connectivity index (χ4n) is 1.30. The van der Waals surface area contributed by atoms with E-state index in [9.17, 15) is 4.39 Å². The molecular weight excluding hydrogens is 286 g/mol. The molecule has 0 radical (unpaired) electrons. The topological polar surface area (TPSA) is 17.8 Å². The Kier molecular flexibility index (Phi) is 11.7. The molecule has 0 N–H and O–H groups in total. The lowest BCUT2D eigenvalue weighted by atomic mass is 10.3. The molecule has 0 aromatic carbocycles. The number of allylic oxidation sites excluding steroid dienone is 2. The molecule has 19 heavy (non-hydrogen) atoms. The van der Waals surface area contributed by atoms with Gasteiger partial charge in [-0.05, 0) is 12.5 Å². The first kappa shape index (κ1) is 18.2. The summed E-state index contributed by atoms with van der Waals surface area (Å²) in [5.41, 5.74) is 0.751. The molecule has 0 saturated carbocycles. The summed E-state index contributed by atoms with van der Waals surface area (Å²) in [7, 11) is 0. The van der Waals surface area contributed by atoms with Crippen molar-refractivity contribution in [3.05, 3.63) is 42.0 Å². The van der Waals surface area contributed by atoms with Gasteiger partial charge in [0, 0.05) is 12.3 Å². The molecule has 1 rings (SSSR count). The third kappa shape index (κ3) is 8.84. The van der Waals surface area contributed by atoms with E-state index in [1.54, 1.807) is 16.8 Å². The Morgan fingerprint density at radius 1 is 1.47 bits per heavy atom. The zero-order valence-corrected chi connectivity index (χ0v) is 12.8. The van der Waals surface area contributed by atoms with E-state index in [-0.39, 0.29) is 0 Å². The fourth-order valence-corrected chi connectivity index (χ4v) is 1.73. The van der Waals surface area contributed by atoms with Crippen LogP contribution in [-0.2, 0) is 13.0 Å². The highest BCUT2D eigenvalue weighted by Gasteiger charge is 2.02. The summed E-state index contributed by atoms with van der Waals surface area (Å²) in [5, 5.41) is 4.68. The van der Waals surface area contributed by atoms with Crippen LogP contribution in [-0.4, -0.2) is 15.7 Å². The molecule has 2 nitrogen and oxygen atoms in total. The zero-order valence-electron chi connectivity index (χ0n) is 11.3. The summed E-state index contributed by atoms with van der Waals surface area (Å²) < 4.78 is 13.3. The van der Waals surface area contributed by atoms with E-state index in [1.807, 2.05) is 0 Å². The normalized spacial score (nSPS) is 10.3. The summed E-state index contributed by atoms with van der Waals surface area (Å²) in [6.45, 7) is 6.32. The van der Waals surface area contributed by atoms with Gasteiger partial charge in [0.05, 0.1) is 18.6 Å². The molecule has 0 aliphatic heterocycles. The maximum absolute atomic E-state index is 11.7. The molecule has 1 aromatic rings. The molecular formula is C14H21Cl2FN2. The van der Waals surface area contributed by atoms with Crippen LogP contribution >= 0.6 is 23.2 Å². The SMILES string of the molecule is C=CCn1nc(CC=CF)cc1Cl.CCCCCCl. The minimum Gasteiger partial charge on any atom is -0.250 e. The van der Waals surface area contributed by atoms with Crippen LogP contribution in [0.15, 0.2) is 31.1 Å². The Labute approximate surface area is 124 Å². The van der Waals surface area contributed by atoms with Crippen LogP contribution in [0, 0.1) is 0 Å². The highest BCUT2D eigenvalue weighted by Crippen LogP contribution is 2.11. The average Bonchev–Trinajstić information content (AvgIpc) is 2.76. The zero-order chi connectivity index (χ0) is 14.5. The first-order valence-electron chi connectivity index (χ1n) is 6.33. The summed E-state index contributed by atoms with van der Waals surface area (Å²) in [5.74, 6) is 0.827. The maximum atomic E-state index is 11.7. The second-order valence-corrected chi connectivity index (χ2v) is 4.66. The minimum atomic E-state index is 0.459. The second-order valence-electron chi connectivity index (χ2n) is 3.89. The number of nitrogens with zero attached hydrogens (tertiary/aromatic N) is 2. The number of hydrogen-bond donors (Lipinski definition) is 0. The Morgan fingerprint density at radius 2 is 2.21 bits per heavy atom. The van der Waals surface area contributed by atoms with Gasteiger partial charge in [0.1, 0.15) is 5.15 Å². The lowest BCUT2D eigenvalue weighted by Crippen LogP contribution is -1.97. The summed E-state index contributed by atoms with van der Waals surface area (Å²) >= 11 is 11.2. The van der Waals surface area contributed by atoms with Crippen molar-refractivity contribution < 1.29 is 4.39 Å². The number of aromatic nitrogens is 2. The number of hydrogen-bond acceptors (Lipinski definition) is 1. The molecule has 0 aliphatic rings. The van der Waals surface area contributed by atoms with Crippen molar-refractivity contribution in [2.24, 2.45) is 0 Å². The molecule has 1 heterocycles. The quantitative estimate of drug-likeness (QED) is 0.386. The van der Waals surface area contributed by atoms with Crippen molar-refractivity contribution in [3.63, 3.8) is 0 Å². The third-order valence-electron chi connectivity index (χ3n) is 2.24. The predicted molar refractivity (Wildman–Crippen MR) is 81.6 cm³/mol. The van der Waals surface area contributed by atoms with Gasteiger partial charge in [0.2, 0.25) is 0 Å². The molecule has 5 heteroatoms. The van der Waals surface area contributed by atoms with Gasteiger partial charge in [0.15, 0.2) is 0 Å². The Morgan fingerprint density at radius 3 is 2.68 bits per heavy atom. The first-order chi connectivity index (χ1) is 9.19. The van der Waals surface area contributed by atoms with Crippen molar-refractivity contribution in [1.29, 1.82) is 0 Å². The van der Waals surface area contributed by atoms with E-state index < -0.39 is 0 Å². The monoisotopic (exact) mass is 306 g/mol.